The van der Waals surface area contributed by atoms with E-state index in [1.54, 1.807) is 9.80 Å². The van der Waals surface area contributed by atoms with Crippen molar-refractivity contribution in [3.8, 4) is 0 Å². The Morgan fingerprint density at radius 2 is 1.96 bits per heavy atom. The van der Waals surface area contributed by atoms with Crippen LogP contribution in [-0.4, -0.2) is 66.2 Å². The first kappa shape index (κ1) is 19.7. The summed E-state index contributed by atoms with van der Waals surface area (Å²) in [6.07, 6.45) is 2.48. The number of carbonyl (C=O) groups excluding carboxylic acids is 2. The van der Waals surface area contributed by atoms with Crippen LogP contribution in [-0.2, 0) is 9.53 Å². The highest BCUT2D eigenvalue weighted by molar-refractivity contribution is 5.81. The van der Waals surface area contributed by atoms with E-state index in [0.29, 0.717) is 19.6 Å². The standard InChI is InChI=1S/C17H33N3O3/c1-7-19(6)15(21)13(2)18-14-9-8-11-20(12-10-14)16(22)23-17(3,4)5/h13-14,18H,7-12H2,1-6H3. The minimum Gasteiger partial charge on any atom is -0.444 e. The van der Waals surface area contributed by atoms with Gasteiger partial charge in [0.2, 0.25) is 5.91 Å². The first-order valence-electron chi connectivity index (χ1n) is 8.63. The van der Waals surface area contributed by atoms with Gasteiger partial charge in [0.15, 0.2) is 0 Å². The Hall–Kier alpha value is -1.30. The second kappa shape index (κ2) is 8.52. The minimum atomic E-state index is -0.466. The van der Waals surface area contributed by atoms with E-state index in [9.17, 15) is 9.59 Å². The van der Waals surface area contributed by atoms with Crippen LogP contribution < -0.4 is 5.32 Å². The van der Waals surface area contributed by atoms with Gasteiger partial charge in [-0.3, -0.25) is 4.79 Å². The molecule has 23 heavy (non-hydrogen) atoms. The van der Waals surface area contributed by atoms with Gasteiger partial charge in [-0.1, -0.05) is 0 Å². The van der Waals surface area contributed by atoms with Crippen molar-refractivity contribution >= 4 is 12.0 Å². The summed E-state index contributed by atoms with van der Waals surface area (Å²) in [5.74, 6) is 0.112. The Labute approximate surface area is 140 Å². The maximum absolute atomic E-state index is 12.2. The van der Waals surface area contributed by atoms with Crippen molar-refractivity contribution < 1.29 is 14.3 Å². The van der Waals surface area contributed by atoms with Crippen LogP contribution in [0.25, 0.3) is 0 Å². The van der Waals surface area contributed by atoms with Crippen molar-refractivity contribution in [2.45, 2.75) is 71.6 Å². The van der Waals surface area contributed by atoms with Crippen molar-refractivity contribution in [1.82, 2.24) is 15.1 Å². The summed E-state index contributed by atoms with van der Waals surface area (Å²) in [6.45, 7) is 11.6. The van der Waals surface area contributed by atoms with Crippen molar-refractivity contribution in [2.24, 2.45) is 0 Å². The molecule has 6 heteroatoms. The van der Waals surface area contributed by atoms with Gasteiger partial charge in [0.25, 0.3) is 0 Å². The number of carbonyl (C=O) groups is 2. The minimum absolute atomic E-state index is 0.112. The summed E-state index contributed by atoms with van der Waals surface area (Å²) in [5.41, 5.74) is -0.466. The largest absolute Gasteiger partial charge is 0.444 e. The smallest absolute Gasteiger partial charge is 0.410 e. The van der Waals surface area contributed by atoms with Crippen LogP contribution in [0.1, 0.15) is 53.9 Å². The number of hydrogen-bond acceptors (Lipinski definition) is 4. The molecule has 0 aromatic rings. The summed E-state index contributed by atoms with van der Waals surface area (Å²) < 4.78 is 5.44. The Morgan fingerprint density at radius 1 is 1.30 bits per heavy atom. The first-order chi connectivity index (χ1) is 10.6. The highest BCUT2D eigenvalue weighted by Crippen LogP contribution is 2.16. The SMILES string of the molecule is CCN(C)C(=O)C(C)NC1CCCN(C(=O)OC(C)(C)C)CC1. The third-order valence-corrected chi connectivity index (χ3v) is 4.09. The van der Waals surface area contributed by atoms with Crippen molar-refractivity contribution in [3.63, 3.8) is 0 Å². The molecule has 1 fully saturated rings. The van der Waals surface area contributed by atoms with E-state index >= 15 is 0 Å². The third kappa shape index (κ3) is 6.77. The number of nitrogens with one attached hydrogen (secondary N) is 1. The summed E-state index contributed by atoms with van der Waals surface area (Å²) in [5, 5.41) is 3.41. The third-order valence-electron chi connectivity index (χ3n) is 4.09. The zero-order chi connectivity index (χ0) is 17.6. The lowest BCUT2D eigenvalue weighted by molar-refractivity contribution is -0.131. The Morgan fingerprint density at radius 3 is 2.52 bits per heavy atom. The van der Waals surface area contributed by atoms with Crippen molar-refractivity contribution in [2.75, 3.05) is 26.7 Å². The van der Waals surface area contributed by atoms with Crippen LogP contribution in [0.3, 0.4) is 0 Å². The van der Waals surface area contributed by atoms with Crippen molar-refractivity contribution in [3.05, 3.63) is 0 Å². The molecule has 1 aliphatic rings. The molecule has 2 amide bonds. The van der Waals surface area contributed by atoms with Crippen LogP contribution in [0, 0.1) is 0 Å². The molecule has 0 aliphatic carbocycles. The molecule has 0 radical (unpaired) electrons. The number of likely N-dealkylation sites (N-methyl/N-ethyl adjacent to an activating group) is 1. The highest BCUT2D eigenvalue weighted by Gasteiger charge is 2.26. The quantitative estimate of drug-likeness (QED) is 0.860. The number of likely N-dealkylation sites (tertiary alicyclic amines) is 1. The lowest BCUT2D eigenvalue weighted by Gasteiger charge is -2.27. The summed E-state index contributed by atoms with van der Waals surface area (Å²) in [7, 11) is 1.82. The van der Waals surface area contributed by atoms with Gasteiger partial charge < -0.3 is 19.9 Å². The molecule has 0 aromatic heterocycles. The van der Waals surface area contributed by atoms with Gasteiger partial charge in [0.1, 0.15) is 5.60 Å². The predicted octanol–water partition coefficient (Wildman–Crippen LogP) is 2.23. The molecule has 0 saturated carbocycles. The van der Waals surface area contributed by atoms with Gasteiger partial charge in [-0.25, -0.2) is 4.79 Å². The Balaban J connectivity index is 2.49. The summed E-state index contributed by atoms with van der Waals surface area (Å²) in [6, 6.07) is 0.0599. The Kier molecular flexibility index (Phi) is 7.32. The molecular formula is C17H33N3O3. The molecule has 0 aromatic carbocycles. The second-order valence-electron chi connectivity index (χ2n) is 7.34. The van der Waals surface area contributed by atoms with E-state index < -0.39 is 5.60 Å². The number of nitrogens with zero attached hydrogens (tertiary/aromatic N) is 2. The molecule has 2 atom stereocenters. The molecule has 6 nitrogen and oxygen atoms in total. The Bertz CT molecular complexity index is 406. The van der Waals surface area contributed by atoms with Crippen LogP contribution in [0.4, 0.5) is 4.79 Å². The molecular weight excluding hydrogens is 294 g/mol. The molecule has 1 heterocycles. The number of hydrogen-bond donors (Lipinski definition) is 1. The van der Waals surface area contributed by atoms with Gasteiger partial charge in [-0.2, -0.15) is 0 Å². The van der Waals surface area contributed by atoms with Gasteiger partial charge in [-0.05, 0) is 53.9 Å². The zero-order valence-electron chi connectivity index (χ0n) is 15.5. The average molecular weight is 327 g/mol. The lowest BCUT2D eigenvalue weighted by atomic mass is 10.1. The van der Waals surface area contributed by atoms with Gasteiger partial charge in [-0.15, -0.1) is 0 Å². The lowest BCUT2D eigenvalue weighted by Crippen LogP contribution is -2.47. The molecule has 1 N–H and O–H groups in total. The molecule has 134 valence electrons. The zero-order valence-corrected chi connectivity index (χ0v) is 15.5. The fraction of sp³-hybridized carbons (Fsp3) is 0.882. The second-order valence-corrected chi connectivity index (χ2v) is 7.34. The van der Waals surface area contributed by atoms with Gasteiger partial charge in [0.05, 0.1) is 6.04 Å². The fourth-order valence-electron chi connectivity index (χ4n) is 2.68. The predicted molar refractivity (Wildman–Crippen MR) is 91.4 cm³/mol. The van der Waals surface area contributed by atoms with Crippen molar-refractivity contribution in [1.29, 1.82) is 0 Å². The first-order valence-corrected chi connectivity index (χ1v) is 8.63. The van der Waals surface area contributed by atoms with E-state index in [1.165, 1.54) is 0 Å². The molecule has 0 spiro atoms. The topological polar surface area (TPSA) is 61.9 Å². The fourth-order valence-corrected chi connectivity index (χ4v) is 2.68. The summed E-state index contributed by atoms with van der Waals surface area (Å²) in [4.78, 5) is 27.8. The van der Waals surface area contributed by atoms with E-state index in [-0.39, 0.29) is 24.1 Å². The van der Waals surface area contributed by atoms with Gasteiger partial charge >= 0.3 is 6.09 Å². The molecule has 1 rings (SSSR count). The van der Waals surface area contributed by atoms with E-state index in [1.807, 2.05) is 41.7 Å². The highest BCUT2D eigenvalue weighted by atomic mass is 16.6. The monoisotopic (exact) mass is 327 g/mol. The molecule has 1 saturated heterocycles. The van der Waals surface area contributed by atoms with Crippen LogP contribution in [0.5, 0.6) is 0 Å². The van der Waals surface area contributed by atoms with Crippen LogP contribution >= 0.6 is 0 Å². The maximum Gasteiger partial charge on any atom is 0.410 e. The summed E-state index contributed by atoms with van der Waals surface area (Å²) >= 11 is 0. The van der Waals surface area contributed by atoms with Gasteiger partial charge in [0, 0.05) is 32.7 Å². The number of ether oxygens (including phenoxy) is 1. The average Bonchev–Trinajstić information content (AvgIpc) is 2.69. The molecule has 1 aliphatic heterocycles. The van der Waals surface area contributed by atoms with Crippen LogP contribution in [0.15, 0.2) is 0 Å². The van der Waals surface area contributed by atoms with E-state index in [2.05, 4.69) is 5.32 Å². The van der Waals surface area contributed by atoms with E-state index in [4.69, 9.17) is 4.74 Å². The normalized spacial score (nSPS) is 20.6. The maximum atomic E-state index is 12.2. The molecule has 2 unspecified atom stereocenters. The van der Waals surface area contributed by atoms with Crippen LogP contribution in [0.2, 0.25) is 0 Å². The van der Waals surface area contributed by atoms with E-state index in [0.717, 1.165) is 19.3 Å². The molecule has 0 bridgehead atoms. The number of amides is 2. The number of rotatable bonds is 4.